The summed E-state index contributed by atoms with van der Waals surface area (Å²) >= 11 is 0. The second-order valence-electron chi connectivity index (χ2n) is 1.71. The number of carbonyl (C=O) groups is 1. The quantitative estimate of drug-likeness (QED) is 0.436. The Morgan fingerprint density at radius 3 is 2.80 bits per heavy atom. The van der Waals surface area contributed by atoms with Crippen LogP contribution >= 0.6 is 0 Å². The van der Waals surface area contributed by atoms with Crippen molar-refractivity contribution in [2.45, 2.75) is 6.92 Å². The molecule has 0 fully saturated rings. The van der Waals surface area contributed by atoms with Crippen LogP contribution in [-0.2, 0) is 9.53 Å². The van der Waals surface area contributed by atoms with Gasteiger partial charge in [-0.1, -0.05) is 5.92 Å². The van der Waals surface area contributed by atoms with Crippen molar-refractivity contribution >= 4 is 5.97 Å². The Morgan fingerprint density at radius 1 is 1.90 bits per heavy atom. The Labute approximate surface area is 60.5 Å². The topological polar surface area (TPSA) is 52.3 Å². The molecule has 0 heterocycles. The average Bonchev–Trinajstić information content (AvgIpc) is 1.91. The molecule has 0 aromatic carbocycles. The van der Waals surface area contributed by atoms with Gasteiger partial charge in [0.25, 0.3) is 0 Å². The Bertz CT molecular complexity index is 148. The lowest BCUT2D eigenvalue weighted by Crippen LogP contribution is -2.24. The molecule has 3 nitrogen and oxygen atoms in total. The van der Waals surface area contributed by atoms with Gasteiger partial charge >= 0.3 is 5.97 Å². The molecule has 2 N–H and O–H groups in total. The molecule has 0 aliphatic rings. The van der Waals surface area contributed by atoms with Crippen molar-refractivity contribution < 1.29 is 9.53 Å². The number of hydrogen-bond donors (Lipinski definition) is 1. The van der Waals surface area contributed by atoms with E-state index in [4.69, 9.17) is 12.2 Å². The van der Waals surface area contributed by atoms with Crippen LogP contribution in [0.15, 0.2) is 0 Å². The van der Waals surface area contributed by atoms with Gasteiger partial charge in [-0.15, -0.1) is 6.42 Å². The van der Waals surface area contributed by atoms with E-state index in [1.165, 1.54) is 0 Å². The van der Waals surface area contributed by atoms with E-state index in [0.717, 1.165) is 0 Å². The minimum Gasteiger partial charge on any atom is -0.465 e. The molecule has 56 valence electrons. The summed E-state index contributed by atoms with van der Waals surface area (Å²) in [6.07, 6.45) is 4.98. The number of carbonyl (C=O) groups excluding carboxylic acids is 1. The standard InChI is InChI=1S/C7H11NO2/c1-3-6(5-8)7(9)10-4-2/h1,6H,4-5,8H2,2H3/t6-/m0/s1. The third kappa shape index (κ3) is 2.51. The Hall–Kier alpha value is -1.01. The minimum absolute atomic E-state index is 0.148. The van der Waals surface area contributed by atoms with E-state index in [9.17, 15) is 4.79 Å². The molecular formula is C7H11NO2. The molecule has 1 atom stereocenters. The lowest BCUT2D eigenvalue weighted by molar-refractivity contribution is -0.145. The molecule has 0 amide bonds. The van der Waals surface area contributed by atoms with E-state index in [-0.39, 0.29) is 6.54 Å². The average molecular weight is 141 g/mol. The van der Waals surface area contributed by atoms with Crippen molar-refractivity contribution in [1.82, 2.24) is 0 Å². The van der Waals surface area contributed by atoms with Crippen molar-refractivity contribution in [2.75, 3.05) is 13.2 Å². The van der Waals surface area contributed by atoms with Gasteiger partial charge in [0, 0.05) is 6.54 Å². The maximum absolute atomic E-state index is 10.8. The molecule has 0 bridgehead atoms. The van der Waals surface area contributed by atoms with Crippen LogP contribution in [0.4, 0.5) is 0 Å². The zero-order chi connectivity index (χ0) is 7.98. The predicted octanol–water partition coefficient (Wildman–Crippen LogP) is -0.242. The molecule has 3 heteroatoms. The SMILES string of the molecule is C#C[C@@H](CN)C(=O)OCC. The number of terminal acetylenes is 1. The Balaban J connectivity index is 3.80. The first kappa shape index (κ1) is 8.99. The molecule has 0 spiro atoms. The highest BCUT2D eigenvalue weighted by atomic mass is 16.5. The van der Waals surface area contributed by atoms with Crippen LogP contribution in [-0.4, -0.2) is 19.1 Å². The van der Waals surface area contributed by atoms with Crippen LogP contribution in [0, 0.1) is 18.3 Å². The van der Waals surface area contributed by atoms with Crippen LogP contribution in [0.1, 0.15) is 6.92 Å². The lowest BCUT2D eigenvalue weighted by atomic mass is 10.2. The highest BCUT2D eigenvalue weighted by Crippen LogP contribution is 1.94. The highest BCUT2D eigenvalue weighted by molar-refractivity contribution is 5.75. The fourth-order valence-electron chi connectivity index (χ4n) is 0.475. The van der Waals surface area contributed by atoms with Crippen LogP contribution < -0.4 is 5.73 Å². The first-order valence-electron chi connectivity index (χ1n) is 3.09. The third-order valence-corrected chi connectivity index (χ3v) is 1.01. The third-order valence-electron chi connectivity index (χ3n) is 1.01. The van der Waals surface area contributed by atoms with E-state index >= 15 is 0 Å². The van der Waals surface area contributed by atoms with Crippen LogP contribution in [0.3, 0.4) is 0 Å². The minimum atomic E-state index is -0.583. The Morgan fingerprint density at radius 2 is 2.50 bits per heavy atom. The summed E-state index contributed by atoms with van der Waals surface area (Å²) in [4.78, 5) is 10.8. The number of esters is 1. The smallest absolute Gasteiger partial charge is 0.322 e. The summed E-state index contributed by atoms with van der Waals surface area (Å²) in [7, 11) is 0. The predicted molar refractivity (Wildman–Crippen MR) is 38.0 cm³/mol. The van der Waals surface area contributed by atoms with Crippen molar-refractivity contribution in [3.63, 3.8) is 0 Å². The molecule has 10 heavy (non-hydrogen) atoms. The van der Waals surface area contributed by atoms with E-state index in [1.807, 2.05) is 0 Å². The Kier molecular flexibility index (Phi) is 4.34. The van der Waals surface area contributed by atoms with Gasteiger partial charge in [0.15, 0.2) is 0 Å². The molecule has 0 rings (SSSR count). The second-order valence-corrected chi connectivity index (χ2v) is 1.71. The zero-order valence-corrected chi connectivity index (χ0v) is 5.96. The van der Waals surface area contributed by atoms with Crippen molar-refractivity contribution in [1.29, 1.82) is 0 Å². The molecule has 0 unspecified atom stereocenters. The van der Waals surface area contributed by atoms with Gasteiger partial charge in [-0.2, -0.15) is 0 Å². The largest absolute Gasteiger partial charge is 0.465 e. The molecule has 0 saturated heterocycles. The lowest BCUT2D eigenvalue weighted by Gasteiger charge is -2.05. The van der Waals surface area contributed by atoms with Gasteiger partial charge in [-0.05, 0) is 6.92 Å². The molecule has 0 saturated carbocycles. The summed E-state index contributed by atoms with van der Waals surface area (Å²) in [5, 5.41) is 0. The van der Waals surface area contributed by atoms with E-state index in [2.05, 4.69) is 10.7 Å². The summed E-state index contributed by atoms with van der Waals surface area (Å²) in [5.74, 6) is 1.24. The van der Waals surface area contributed by atoms with Crippen molar-refractivity contribution in [3.05, 3.63) is 0 Å². The summed E-state index contributed by atoms with van der Waals surface area (Å²) < 4.78 is 4.62. The van der Waals surface area contributed by atoms with Crippen molar-refractivity contribution in [2.24, 2.45) is 11.7 Å². The maximum atomic E-state index is 10.8. The molecule has 0 aliphatic carbocycles. The normalized spacial score (nSPS) is 11.7. The fourth-order valence-corrected chi connectivity index (χ4v) is 0.475. The van der Waals surface area contributed by atoms with Gasteiger partial charge in [-0.25, -0.2) is 0 Å². The van der Waals surface area contributed by atoms with Gasteiger partial charge in [0.05, 0.1) is 6.61 Å². The molecule has 0 aromatic heterocycles. The van der Waals surface area contributed by atoms with Crippen LogP contribution in [0.25, 0.3) is 0 Å². The molecule has 0 radical (unpaired) electrons. The molecule has 0 aromatic rings. The number of hydrogen-bond acceptors (Lipinski definition) is 3. The first-order valence-corrected chi connectivity index (χ1v) is 3.09. The molecule has 0 aliphatic heterocycles. The van der Waals surface area contributed by atoms with Crippen LogP contribution in [0.2, 0.25) is 0 Å². The van der Waals surface area contributed by atoms with Crippen LogP contribution in [0.5, 0.6) is 0 Å². The zero-order valence-electron chi connectivity index (χ0n) is 5.96. The van der Waals surface area contributed by atoms with E-state index in [0.29, 0.717) is 6.61 Å². The highest BCUT2D eigenvalue weighted by Gasteiger charge is 2.13. The van der Waals surface area contributed by atoms with Gasteiger partial charge in [-0.3, -0.25) is 4.79 Å². The summed E-state index contributed by atoms with van der Waals surface area (Å²) in [6.45, 7) is 2.22. The van der Waals surface area contributed by atoms with Gasteiger partial charge < -0.3 is 10.5 Å². The van der Waals surface area contributed by atoms with E-state index in [1.54, 1.807) is 6.92 Å². The van der Waals surface area contributed by atoms with E-state index < -0.39 is 11.9 Å². The monoisotopic (exact) mass is 141 g/mol. The summed E-state index contributed by atoms with van der Waals surface area (Å²) in [5.41, 5.74) is 5.17. The summed E-state index contributed by atoms with van der Waals surface area (Å²) in [6, 6.07) is 0. The van der Waals surface area contributed by atoms with Gasteiger partial charge in [0.1, 0.15) is 5.92 Å². The maximum Gasteiger partial charge on any atom is 0.322 e. The molecular weight excluding hydrogens is 130 g/mol. The first-order chi connectivity index (χ1) is 4.76. The number of ether oxygens (including phenoxy) is 1. The number of nitrogens with two attached hydrogens (primary N) is 1. The fraction of sp³-hybridized carbons (Fsp3) is 0.571. The second kappa shape index (κ2) is 4.83. The van der Waals surface area contributed by atoms with Gasteiger partial charge in [0.2, 0.25) is 0 Å². The van der Waals surface area contributed by atoms with Crippen molar-refractivity contribution in [3.8, 4) is 12.3 Å². The number of rotatable bonds is 3.